The number of aromatic nitrogens is 2. The molecule has 3 aromatic rings. The molecule has 1 saturated heterocycles. The van der Waals surface area contributed by atoms with Crippen molar-refractivity contribution >= 4 is 0 Å². The molecule has 1 fully saturated rings. The summed E-state index contributed by atoms with van der Waals surface area (Å²) in [6.07, 6.45) is 5.73. The Kier molecular flexibility index (Phi) is 5.32. The summed E-state index contributed by atoms with van der Waals surface area (Å²) in [6.45, 7) is 2.97. The molecular weight excluding hydrogens is 341 g/mol. The van der Waals surface area contributed by atoms with Crippen molar-refractivity contribution < 1.29 is 9.50 Å². The highest BCUT2D eigenvalue weighted by Gasteiger charge is 2.23. The van der Waals surface area contributed by atoms with Crippen LogP contribution >= 0.6 is 0 Å². The molecule has 0 aliphatic carbocycles. The molecule has 0 saturated carbocycles. The van der Waals surface area contributed by atoms with Gasteiger partial charge in [0.1, 0.15) is 5.82 Å². The first-order valence-corrected chi connectivity index (χ1v) is 9.47. The van der Waals surface area contributed by atoms with Gasteiger partial charge in [0.05, 0.1) is 12.3 Å². The molecule has 4 nitrogen and oxygen atoms in total. The maximum Gasteiger partial charge on any atom is 0.123 e. The average molecular weight is 365 g/mol. The molecule has 3 heterocycles. The molecule has 0 spiro atoms. The largest absolute Gasteiger partial charge is 0.395 e. The highest BCUT2D eigenvalue weighted by molar-refractivity contribution is 5.82. The first-order valence-electron chi connectivity index (χ1n) is 9.47. The molecule has 1 aliphatic rings. The fraction of sp³-hybridized carbons (Fsp3) is 0.318. The number of hydrogen-bond acceptors (Lipinski definition) is 3. The van der Waals surface area contributed by atoms with Crippen LogP contribution in [0.5, 0.6) is 0 Å². The number of benzene rings is 1. The fourth-order valence-electron chi connectivity index (χ4n) is 3.91. The van der Waals surface area contributed by atoms with Gasteiger partial charge in [-0.15, -0.1) is 0 Å². The number of nitrogens with one attached hydrogen (secondary N) is 1. The van der Waals surface area contributed by atoms with E-state index < -0.39 is 0 Å². The summed E-state index contributed by atoms with van der Waals surface area (Å²) in [4.78, 5) is 10.1. The molecule has 140 valence electrons. The topological polar surface area (TPSA) is 52.1 Å². The second-order valence-electron chi connectivity index (χ2n) is 7.10. The van der Waals surface area contributed by atoms with Crippen LogP contribution < -0.4 is 0 Å². The highest BCUT2D eigenvalue weighted by atomic mass is 19.1. The van der Waals surface area contributed by atoms with Crippen molar-refractivity contribution in [3.8, 4) is 22.4 Å². The molecule has 27 heavy (non-hydrogen) atoms. The lowest BCUT2D eigenvalue weighted by Gasteiger charge is -2.31. The van der Waals surface area contributed by atoms with Gasteiger partial charge in [0.25, 0.3) is 0 Å². The van der Waals surface area contributed by atoms with E-state index in [9.17, 15) is 4.39 Å². The number of halogens is 1. The van der Waals surface area contributed by atoms with Crippen LogP contribution in [0.3, 0.4) is 0 Å². The number of H-pyrrole nitrogens is 1. The molecule has 4 rings (SSSR count). The van der Waals surface area contributed by atoms with E-state index in [-0.39, 0.29) is 12.4 Å². The summed E-state index contributed by atoms with van der Waals surface area (Å²) < 4.78 is 13.4. The number of hydrogen-bond donors (Lipinski definition) is 2. The number of aliphatic hydroxyl groups is 1. The third kappa shape index (κ3) is 3.94. The van der Waals surface area contributed by atoms with Gasteiger partial charge in [-0.05, 0) is 79.5 Å². The SMILES string of the molecule is OCCN1CCC(c2cc(-c3ccncc3)c(-c3ccc(F)cc3)[nH]2)CC1. The predicted molar refractivity (Wildman–Crippen MR) is 105 cm³/mol. The smallest absolute Gasteiger partial charge is 0.123 e. The number of rotatable bonds is 5. The fourth-order valence-corrected chi connectivity index (χ4v) is 3.91. The number of likely N-dealkylation sites (tertiary alicyclic amines) is 1. The third-order valence-corrected chi connectivity index (χ3v) is 5.41. The predicted octanol–water partition coefficient (Wildman–Crippen LogP) is 4.05. The van der Waals surface area contributed by atoms with Gasteiger partial charge in [-0.1, -0.05) is 0 Å². The van der Waals surface area contributed by atoms with Crippen LogP contribution in [0.4, 0.5) is 4.39 Å². The molecular formula is C22H24FN3O. The zero-order chi connectivity index (χ0) is 18.6. The Morgan fingerprint density at radius 3 is 2.41 bits per heavy atom. The van der Waals surface area contributed by atoms with Crippen molar-refractivity contribution in [2.24, 2.45) is 0 Å². The molecule has 1 aromatic carbocycles. The van der Waals surface area contributed by atoms with Crippen LogP contribution in [0.15, 0.2) is 54.9 Å². The molecule has 0 bridgehead atoms. The van der Waals surface area contributed by atoms with E-state index in [4.69, 9.17) is 5.11 Å². The van der Waals surface area contributed by atoms with Crippen LogP contribution in [0.1, 0.15) is 24.5 Å². The molecule has 0 amide bonds. The molecule has 5 heteroatoms. The molecule has 1 aliphatic heterocycles. The number of aromatic amines is 1. The zero-order valence-corrected chi connectivity index (χ0v) is 15.2. The van der Waals surface area contributed by atoms with E-state index in [2.05, 4.69) is 20.9 Å². The van der Waals surface area contributed by atoms with E-state index in [0.29, 0.717) is 5.92 Å². The van der Waals surface area contributed by atoms with E-state index in [0.717, 1.165) is 54.9 Å². The van der Waals surface area contributed by atoms with E-state index in [1.807, 2.05) is 24.3 Å². The van der Waals surface area contributed by atoms with Crippen molar-refractivity contribution in [3.63, 3.8) is 0 Å². The van der Waals surface area contributed by atoms with Crippen molar-refractivity contribution in [3.05, 3.63) is 66.4 Å². The van der Waals surface area contributed by atoms with Gasteiger partial charge in [0.15, 0.2) is 0 Å². The monoisotopic (exact) mass is 365 g/mol. The lowest BCUT2D eigenvalue weighted by atomic mass is 9.93. The lowest BCUT2D eigenvalue weighted by molar-refractivity contribution is 0.163. The molecule has 0 unspecified atom stereocenters. The van der Waals surface area contributed by atoms with Gasteiger partial charge in [0, 0.05) is 36.1 Å². The summed E-state index contributed by atoms with van der Waals surface area (Å²) in [5.74, 6) is 0.238. The zero-order valence-electron chi connectivity index (χ0n) is 15.2. The summed E-state index contributed by atoms with van der Waals surface area (Å²) in [6, 6.07) is 12.9. The lowest BCUT2D eigenvalue weighted by Crippen LogP contribution is -2.35. The van der Waals surface area contributed by atoms with E-state index in [1.165, 1.54) is 17.8 Å². The minimum atomic E-state index is -0.229. The average Bonchev–Trinajstić information content (AvgIpc) is 3.15. The third-order valence-electron chi connectivity index (χ3n) is 5.41. The highest BCUT2D eigenvalue weighted by Crippen LogP contribution is 2.37. The van der Waals surface area contributed by atoms with Crippen LogP contribution in [0.2, 0.25) is 0 Å². The Balaban J connectivity index is 1.67. The normalized spacial score (nSPS) is 15.9. The van der Waals surface area contributed by atoms with Gasteiger partial charge in [0.2, 0.25) is 0 Å². The van der Waals surface area contributed by atoms with Gasteiger partial charge in [-0.2, -0.15) is 0 Å². The number of aliphatic hydroxyl groups excluding tert-OH is 1. The van der Waals surface area contributed by atoms with Crippen LogP contribution in [0, 0.1) is 5.82 Å². The van der Waals surface area contributed by atoms with Gasteiger partial charge in [-0.25, -0.2) is 4.39 Å². The Morgan fingerprint density at radius 2 is 1.74 bits per heavy atom. The van der Waals surface area contributed by atoms with Crippen molar-refractivity contribution in [1.82, 2.24) is 14.9 Å². The van der Waals surface area contributed by atoms with Crippen molar-refractivity contribution in [2.45, 2.75) is 18.8 Å². The maximum absolute atomic E-state index is 13.4. The summed E-state index contributed by atoms with van der Waals surface area (Å²) in [7, 11) is 0. The quantitative estimate of drug-likeness (QED) is 0.717. The number of nitrogens with zero attached hydrogens (tertiary/aromatic N) is 2. The molecule has 0 radical (unpaired) electrons. The van der Waals surface area contributed by atoms with Crippen LogP contribution in [0.25, 0.3) is 22.4 Å². The first kappa shape index (κ1) is 17.9. The molecule has 0 atom stereocenters. The maximum atomic E-state index is 13.4. The second-order valence-corrected chi connectivity index (χ2v) is 7.10. The Bertz CT molecular complexity index is 868. The van der Waals surface area contributed by atoms with Crippen LogP contribution in [-0.2, 0) is 0 Å². The van der Waals surface area contributed by atoms with Gasteiger partial charge >= 0.3 is 0 Å². The molecule has 2 aromatic heterocycles. The van der Waals surface area contributed by atoms with E-state index >= 15 is 0 Å². The second kappa shape index (κ2) is 8.03. The Morgan fingerprint density at radius 1 is 1.04 bits per heavy atom. The van der Waals surface area contributed by atoms with Crippen LogP contribution in [-0.4, -0.2) is 46.2 Å². The summed E-state index contributed by atoms with van der Waals surface area (Å²) in [5.41, 5.74) is 5.45. The molecule has 2 N–H and O–H groups in total. The summed E-state index contributed by atoms with van der Waals surface area (Å²) >= 11 is 0. The first-order chi connectivity index (χ1) is 13.2. The van der Waals surface area contributed by atoms with Crippen molar-refractivity contribution in [1.29, 1.82) is 0 Å². The van der Waals surface area contributed by atoms with E-state index in [1.54, 1.807) is 12.4 Å². The number of piperidine rings is 1. The minimum Gasteiger partial charge on any atom is -0.395 e. The Labute approximate surface area is 158 Å². The standard InChI is InChI=1S/C22H24FN3O/c23-19-3-1-18(2-4-19)22-20(16-5-9-24-10-6-16)15-21(25-22)17-7-11-26(12-8-17)13-14-27/h1-6,9-10,15,17,25,27H,7-8,11-14H2. The Hall–Kier alpha value is -2.50. The van der Waals surface area contributed by atoms with Crippen molar-refractivity contribution in [2.75, 3.05) is 26.2 Å². The van der Waals surface area contributed by atoms with Gasteiger partial charge in [-0.3, -0.25) is 4.98 Å². The number of β-amino-alcohol motifs (C(OH)–C–C–N with tert-alkyl or cyclic N) is 1. The minimum absolute atomic E-state index is 0.216. The van der Waals surface area contributed by atoms with Gasteiger partial charge < -0.3 is 15.0 Å². The number of pyridine rings is 1. The summed E-state index contributed by atoms with van der Waals surface area (Å²) in [5, 5.41) is 9.13.